The molecule has 0 unspecified atom stereocenters. The molecule has 1 N–H and O–H groups in total. The largest absolute Gasteiger partial charge is 0.485 e. The Morgan fingerprint density at radius 2 is 0.496 bits per heavy atom. The number of nitrogens with one attached hydrogen (secondary N) is 1. The first kappa shape index (κ1) is 72.9. The van der Waals surface area contributed by atoms with Crippen LogP contribution < -0.4 is 28.7 Å². The maximum absolute atomic E-state index is 7.77. The van der Waals surface area contributed by atoms with Crippen LogP contribution in [0.4, 0.5) is 34.1 Å². The highest BCUT2D eigenvalue weighted by Gasteiger charge is 2.35. The minimum Gasteiger partial charge on any atom is -0.485 e. The van der Waals surface area contributed by atoms with Gasteiger partial charge in [-0.1, -0.05) is 194 Å². The van der Waals surface area contributed by atoms with Crippen molar-refractivity contribution < 1.29 is 27.8 Å². The fourth-order valence-electron chi connectivity index (χ4n) is 22.6. The van der Waals surface area contributed by atoms with Crippen molar-refractivity contribution in [1.82, 2.24) is 23.3 Å². The molecule has 0 radical (unpaired) electrons. The van der Waals surface area contributed by atoms with Crippen molar-refractivity contribution in [2.24, 2.45) is 28.2 Å². The number of aromatic nitrogens is 5. The van der Waals surface area contributed by atoms with Crippen LogP contribution in [0.25, 0.3) is 238 Å². The molecule has 622 valence electrons. The first-order chi connectivity index (χ1) is 64.7. The molecule has 15 heteroatoms. The summed E-state index contributed by atoms with van der Waals surface area (Å²) in [6.07, 6.45) is 0. The Balaban J connectivity index is 0.580. The molecule has 0 saturated heterocycles. The molecule has 13 nitrogen and oxygen atoms in total. The second-order valence-electron chi connectivity index (χ2n) is 35.1. The lowest BCUT2D eigenvalue weighted by atomic mass is 9.93. The normalized spacial score (nSPS) is 13.2. The third-order valence-electron chi connectivity index (χ3n) is 28.5. The number of furan rings is 2. The summed E-state index contributed by atoms with van der Waals surface area (Å²) in [5.41, 5.74) is 25.0. The van der Waals surface area contributed by atoms with Crippen molar-refractivity contribution in [3.8, 4) is 64.8 Å². The van der Waals surface area contributed by atoms with E-state index in [1.54, 1.807) is 22.7 Å². The van der Waals surface area contributed by atoms with Gasteiger partial charge >= 0.3 is 0 Å². The van der Waals surface area contributed by atoms with Gasteiger partial charge in [-0.25, -0.2) is 0 Å². The van der Waals surface area contributed by atoms with Gasteiger partial charge in [-0.3, -0.25) is 0 Å². The lowest BCUT2D eigenvalue weighted by Gasteiger charge is -2.26. The average molecular weight is 1730 g/mol. The molecule has 0 aliphatic carbocycles. The van der Waals surface area contributed by atoms with Gasteiger partial charge in [-0.05, 0) is 177 Å². The number of aryl methyl sites for hydroxylation is 4. The van der Waals surface area contributed by atoms with Crippen LogP contribution in [0.5, 0.6) is 23.0 Å². The number of nitrogens with zero attached hydrogens (tertiary/aromatic N) is 6. The highest BCUT2D eigenvalue weighted by atomic mass is 32.1. The number of para-hydroxylation sites is 4. The van der Waals surface area contributed by atoms with Crippen molar-refractivity contribution in [3.63, 3.8) is 0 Å². The Kier molecular flexibility index (Phi) is 15.1. The Morgan fingerprint density at radius 3 is 0.817 bits per heavy atom. The van der Waals surface area contributed by atoms with Crippen LogP contribution in [0, 0.1) is 0 Å². The number of hydrogen-bond acceptors (Lipinski definition) is 10. The Morgan fingerprint density at radius 1 is 0.237 bits per heavy atom. The van der Waals surface area contributed by atoms with Gasteiger partial charge in [-0.15, -0.1) is 22.7 Å². The molecule has 0 fully saturated rings. The minimum atomic E-state index is 0.415. The monoisotopic (exact) mass is 1730 g/mol. The van der Waals surface area contributed by atoms with Gasteiger partial charge < -0.3 is 60.8 Å². The van der Waals surface area contributed by atoms with E-state index in [1.807, 2.05) is 0 Å². The van der Waals surface area contributed by atoms with E-state index in [0.29, 0.717) is 26.4 Å². The fraction of sp³-hybridized carbons (Fsp3) is 0.0690. The SMILES string of the molecule is Cn1c2ccccc2c2cc(N(c3ccc(-c4sc(-c5cc6oc7c(c8ccccc8c8[nH]c9c%10ccccc%10c%10c(oc%11cc(-c%12sc(-c%13ccc(N(c%14ccc%15c(c%14)c%14ccccc%14n%15C)c%14ccc%15c(c%14)c%14ccccc%14n%15C)cc%13)c%13c%12OCCO%13)c%12ccccc%12c%11%10)c9c87)c6c6ccccc56)c5c4OCCO5)cc3)c3ccc4c(c3)c3ccccc3n4C)ccc21. The van der Waals surface area contributed by atoms with Crippen LogP contribution in [-0.2, 0) is 28.2 Å². The van der Waals surface area contributed by atoms with Gasteiger partial charge in [-0.2, -0.15) is 0 Å². The van der Waals surface area contributed by atoms with Crippen molar-refractivity contribution in [1.29, 1.82) is 0 Å². The summed E-state index contributed by atoms with van der Waals surface area (Å²) in [5.74, 6) is 2.97. The van der Waals surface area contributed by atoms with Crippen LogP contribution in [0.1, 0.15) is 0 Å². The van der Waals surface area contributed by atoms with E-state index in [2.05, 4.69) is 389 Å². The Hall–Kier alpha value is -16.2. The zero-order chi connectivity index (χ0) is 86.0. The van der Waals surface area contributed by atoms with E-state index in [-0.39, 0.29) is 0 Å². The number of aromatic amines is 1. The van der Waals surface area contributed by atoms with E-state index in [0.717, 1.165) is 208 Å². The first-order valence-corrected chi connectivity index (χ1v) is 46.3. The molecule has 27 aromatic rings. The lowest BCUT2D eigenvalue weighted by molar-refractivity contribution is 0.175. The van der Waals surface area contributed by atoms with Crippen molar-refractivity contribution >= 4 is 253 Å². The zero-order valence-corrected chi connectivity index (χ0v) is 73.1. The van der Waals surface area contributed by atoms with Crippen molar-refractivity contribution in [3.05, 3.63) is 328 Å². The summed E-state index contributed by atoms with van der Waals surface area (Å²) in [6.45, 7) is 1.68. The molecule has 0 spiro atoms. The number of ether oxygens (including phenoxy) is 4. The molecule has 18 aromatic carbocycles. The molecule has 0 bridgehead atoms. The van der Waals surface area contributed by atoms with Crippen molar-refractivity contribution in [2.45, 2.75) is 0 Å². The summed E-state index contributed by atoms with van der Waals surface area (Å²) in [7, 11) is 8.64. The predicted molar refractivity (Wildman–Crippen MR) is 545 cm³/mol. The molecule has 11 heterocycles. The highest BCUT2D eigenvalue weighted by molar-refractivity contribution is 7.20. The topological polar surface area (TPSA) is 105 Å². The molecule has 131 heavy (non-hydrogen) atoms. The molecule has 2 aliphatic heterocycles. The number of benzene rings is 18. The highest BCUT2D eigenvalue weighted by Crippen LogP contribution is 2.61. The lowest BCUT2D eigenvalue weighted by Crippen LogP contribution is -2.14. The van der Waals surface area contributed by atoms with Crippen LogP contribution in [0.15, 0.2) is 336 Å². The van der Waals surface area contributed by atoms with Gasteiger partial charge in [0.05, 0.1) is 41.3 Å². The van der Waals surface area contributed by atoms with E-state index in [4.69, 9.17) is 27.8 Å². The quantitative estimate of drug-likeness (QED) is 0.144. The number of H-pyrrole nitrogens is 1. The smallest absolute Gasteiger partial charge is 0.180 e. The van der Waals surface area contributed by atoms with Crippen LogP contribution >= 0.6 is 22.7 Å². The van der Waals surface area contributed by atoms with Crippen LogP contribution in [0.2, 0.25) is 0 Å². The Labute approximate surface area is 755 Å². The fourth-order valence-corrected chi connectivity index (χ4v) is 25.0. The summed E-state index contributed by atoms with van der Waals surface area (Å²) < 4.78 is 52.1. The molecule has 0 atom stereocenters. The van der Waals surface area contributed by atoms with Crippen LogP contribution in [-0.4, -0.2) is 49.7 Å². The maximum Gasteiger partial charge on any atom is 0.180 e. The molecular formula is C116H75N7O6S2. The van der Waals surface area contributed by atoms with E-state index in [1.165, 1.54) is 87.2 Å². The van der Waals surface area contributed by atoms with Gasteiger partial charge in [0.1, 0.15) is 48.8 Å². The van der Waals surface area contributed by atoms with Crippen molar-refractivity contribution in [2.75, 3.05) is 36.2 Å². The standard InChI is InChI=1S/C116H75N7O6S2/c1-118-89-33-17-13-23-73(89)83-57-67(45-49-93(83)118)122(68-46-50-94-84(58-68)74-24-14-18-34-90(74)119(94)2)65-41-37-63(38-42-65)113-109-111(126-55-53-124-109)115(130-113)87-61-97-99(77-27-7-5-21-71(77)87)101-79-29-9-11-31-81(79)105-103(107(101)128-97)104-106(117-105)82-32-12-10-30-80(82)102-100-78-28-8-6-22-72(78)88(62-98(100)129-108(102)104)116-112-110(125-54-56-127-112)114(131-116)64-39-43-66(44-40-64)123(69-47-51-95-85(59-69)75-25-15-19-35-91(75)120(95)3)70-48-52-96-86(60-70)76-26-16-20-36-92(76)121(96)4/h5-52,57-62,117H,53-56H2,1-4H3. The molecule has 9 aromatic heterocycles. The summed E-state index contributed by atoms with van der Waals surface area (Å²) in [4.78, 5) is 12.8. The number of anilines is 6. The maximum atomic E-state index is 7.77. The molecule has 0 amide bonds. The predicted octanol–water partition coefficient (Wildman–Crippen LogP) is 31.6. The third kappa shape index (κ3) is 10.2. The summed E-state index contributed by atoms with van der Waals surface area (Å²) in [5, 5.41) is 24.4. The first-order valence-electron chi connectivity index (χ1n) is 44.6. The van der Waals surface area contributed by atoms with E-state index >= 15 is 0 Å². The zero-order valence-electron chi connectivity index (χ0n) is 71.5. The minimum absolute atomic E-state index is 0.415. The molecule has 29 rings (SSSR count). The third-order valence-corrected chi connectivity index (χ3v) is 30.9. The number of rotatable bonds is 10. The van der Waals surface area contributed by atoms with Gasteiger partial charge in [0.25, 0.3) is 0 Å². The number of fused-ring (bicyclic) bond motifs is 35. The van der Waals surface area contributed by atoms with E-state index < -0.39 is 0 Å². The van der Waals surface area contributed by atoms with E-state index in [9.17, 15) is 0 Å². The summed E-state index contributed by atoms with van der Waals surface area (Å²) >= 11 is 3.41. The van der Waals surface area contributed by atoms with Gasteiger partial charge in [0, 0.05) is 193 Å². The van der Waals surface area contributed by atoms with Crippen LogP contribution in [0.3, 0.4) is 0 Å². The number of thiophene rings is 2. The Bertz CT molecular complexity index is 8930. The second-order valence-corrected chi connectivity index (χ2v) is 37.2. The molecular weight excluding hydrogens is 1650 g/mol. The number of hydrogen-bond donors (Lipinski definition) is 1. The summed E-state index contributed by atoms with van der Waals surface area (Å²) in [6, 6.07) is 120. The molecule has 0 saturated carbocycles. The second kappa shape index (κ2) is 27.2. The van der Waals surface area contributed by atoms with Gasteiger partial charge in [0.15, 0.2) is 23.0 Å². The average Bonchev–Trinajstić information content (AvgIpc) is 1.52. The van der Waals surface area contributed by atoms with Gasteiger partial charge in [0.2, 0.25) is 0 Å². The molecule has 2 aliphatic rings.